The van der Waals surface area contributed by atoms with Crippen molar-refractivity contribution in [2.75, 3.05) is 0 Å². The number of aromatic nitrogens is 2. The zero-order chi connectivity index (χ0) is 19.7. The second-order valence-corrected chi connectivity index (χ2v) is 7.74. The fourth-order valence-electron chi connectivity index (χ4n) is 3.34. The highest BCUT2D eigenvalue weighted by atomic mass is 35.5. The number of ether oxygens (including phenoxy) is 1. The molecule has 1 aromatic heterocycles. The Hall–Kier alpha value is -2.49. The van der Waals surface area contributed by atoms with E-state index in [0.29, 0.717) is 23.2 Å². The number of rotatable bonds is 5. The van der Waals surface area contributed by atoms with Gasteiger partial charge in [0.2, 0.25) is 0 Å². The first-order chi connectivity index (χ1) is 13.5. The Morgan fingerprint density at radius 3 is 2.57 bits per heavy atom. The first-order valence-corrected chi connectivity index (χ1v) is 9.85. The van der Waals surface area contributed by atoms with Gasteiger partial charge in [-0.3, -0.25) is 0 Å². The van der Waals surface area contributed by atoms with E-state index in [1.807, 2.05) is 36.4 Å². The molecular formula is C23H20Cl2N2O. The van der Waals surface area contributed by atoms with Crippen LogP contribution in [0.3, 0.4) is 0 Å². The van der Waals surface area contributed by atoms with Crippen LogP contribution in [0.5, 0.6) is 5.75 Å². The quantitative estimate of drug-likeness (QED) is 0.371. The van der Waals surface area contributed by atoms with E-state index in [0.717, 1.165) is 33.7 Å². The topological polar surface area (TPSA) is 27.1 Å². The SMILES string of the molecule is Cc1ccc(OCc2nc3ccccc3n2Cc2ccc(Cl)cc2Cl)c(C)c1. The lowest BCUT2D eigenvalue weighted by molar-refractivity contribution is 0.289. The predicted molar refractivity (Wildman–Crippen MR) is 116 cm³/mol. The van der Waals surface area contributed by atoms with Gasteiger partial charge in [0.25, 0.3) is 0 Å². The molecule has 3 aromatic carbocycles. The molecule has 0 aliphatic carbocycles. The minimum Gasteiger partial charge on any atom is -0.485 e. The highest BCUT2D eigenvalue weighted by molar-refractivity contribution is 6.35. The summed E-state index contributed by atoms with van der Waals surface area (Å²) in [6.45, 7) is 5.11. The molecule has 0 saturated heterocycles. The second kappa shape index (κ2) is 7.86. The molecule has 0 aliphatic heterocycles. The van der Waals surface area contributed by atoms with Crippen molar-refractivity contribution in [3.05, 3.63) is 93.2 Å². The number of imidazole rings is 1. The Bertz CT molecular complexity index is 1150. The summed E-state index contributed by atoms with van der Waals surface area (Å²) in [4.78, 5) is 4.79. The third kappa shape index (κ3) is 3.87. The summed E-state index contributed by atoms with van der Waals surface area (Å²) in [5.41, 5.74) is 5.31. The second-order valence-electron chi connectivity index (χ2n) is 6.90. The molecule has 142 valence electrons. The molecule has 0 bridgehead atoms. The largest absolute Gasteiger partial charge is 0.485 e. The van der Waals surface area contributed by atoms with Crippen molar-refractivity contribution < 1.29 is 4.74 Å². The third-order valence-electron chi connectivity index (χ3n) is 4.76. The molecule has 5 heteroatoms. The highest BCUT2D eigenvalue weighted by Crippen LogP contribution is 2.26. The Kier molecular flexibility index (Phi) is 5.29. The van der Waals surface area contributed by atoms with Gasteiger partial charge in [-0.1, -0.05) is 59.1 Å². The van der Waals surface area contributed by atoms with Crippen molar-refractivity contribution in [1.82, 2.24) is 9.55 Å². The minimum atomic E-state index is 0.379. The smallest absolute Gasteiger partial charge is 0.148 e. The summed E-state index contributed by atoms with van der Waals surface area (Å²) in [5.74, 6) is 1.72. The van der Waals surface area contributed by atoms with Crippen molar-refractivity contribution in [3.63, 3.8) is 0 Å². The maximum Gasteiger partial charge on any atom is 0.148 e. The lowest BCUT2D eigenvalue weighted by atomic mass is 10.1. The standard InChI is InChI=1S/C23H20Cl2N2O/c1-15-7-10-22(16(2)11-15)28-14-23-26-20-5-3-4-6-21(20)27(23)13-17-8-9-18(24)12-19(17)25/h3-12H,13-14H2,1-2H3. The van der Waals surface area contributed by atoms with E-state index < -0.39 is 0 Å². The molecule has 0 fully saturated rings. The molecule has 1 heterocycles. The van der Waals surface area contributed by atoms with E-state index in [1.54, 1.807) is 6.07 Å². The van der Waals surface area contributed by atoms with Crippen LogP contribution in [0.4, 0.5) is 0 Å². The van der Waals surface area contributed by atoms with Gasteiger partial charge in [0.1, 0.15) is 18.2 Å². The van der Waals surface area contributed by atoms with E-state index >= 15 is 0 Å². The van der Waals surface area contributed by atoms with E-state index in [1.165, 1.54) is 5.56 Å². The van der Waals surface area contributed by atoms with Gasteiger partial charge in [0.05, 0.1) is 17.6 Å². The molecule has 0 saturated carbocycles. The van der Waals surface area contributed by atoms with Crippen molar-refractivity contribution in [2.24, 2.45) is 0 Å². The molecule has 0 atom stereocenters. The van der Waals surface area contributed by atoms with Crippen LogP contribution in [-0.2, 0) is 13.2 Å². The molecule has 4 aromatic rings. The van der Waals surface area contributed by atoms with Gasteiger partial charge in [-0.25, -0.2) is 4.98 Å². The van der Waals surface area contributed by atoms with Gasteiger partial charge in [0, 0.05) is 10.0 Å². The number of halogens is 2. The van der Waals surface area contributed by atoms with Crippen molar-refractivity contribution >= 4 is 34.2 Å². The van der Waals surface area contributed by atoms with Crippen LogP contribution < -0.4 is 4.74 Å². The zero-order valence-electron chi connectivity index (χ0n) is 15.7. The summed E-state index contributed by atoms with van der Waals surface area (Å²) in [6.07, 6.45) is 0. The fraction of sp³-hybridized carbons (Fsp3) is 0.174. The monoisotopic (exact) mass is 410 g/mol. The van der Waals surface area contributed by atoms with Gasteiger partial charge >= 0.3 is 0 Å². The first-order valence-electron chi connectivity index (χ1n) is 9.09. The summed E-state index contributed by atoms with van der Waals surface area (Å²) in [7, 11) is 0. The van der Waals surface area contributed by atoms with Gasteiger partial charge in [0.15, 0.2) is 0 Å². The van der Waals surface area contributed by atoms with E-state index in [-0.39, 0.29) is 0 Å². The zero-order valence-corrected chi connectivity index (χ0v) is 17.3. The van der Waals surface area contributed by atoms with Crippen LogP contribution in [0.2, 0.25) is 10.0 Å². The molecule has 0 unspecified atom stereocenters. The summed E-state index contributed by atoms with van der Waals surface area (Å²) >= 11 is 12.5. The molecule has 0 radical (unpaired) electrons. The summed E-state index contributed by atoms with van der Waals surface area (Å²) in [5, 5.41) is 1.27. The Labute approximate surface area is 174 Å². The van der Waals surface area contributed by atoms with E-state index in [9.17, 15) is 0 Å². The maximum absolute atomic E-state index is 6.41. The average Bonchev–Trinajstić information content (AvgIpc) is 3.01. The molecule has 0 N–H and O–H groups in total. The van der Waals surface area contributed by atoms with Crippen LogP contribution in [0, 0.1) is 13.8 Å². The number of fused-ring (bicyclic) bond motifs is 1. The van der Waals surface area contributed by atoms with Gasteiger partial charge in [-0.05, 0) is 55.3 Å². The van der Waals surface area contributed by atoms with Crippen LogP contribution in [0.1, 0.15) is 22.5 Å². The number of aryl methyl sites for hydroxylation is 2. The Morgan fingerprint density at radius 1 is 0.964 bits per heavy atom. The number of hydrogen-bond acceptors (Lipinski definition) is 2. The predicted octanol–water partition coefficient (Wildman–Crippen LogP) is 6.59. The molecule has 3 nitrogen and oxygen atoms in total. The van der Waals surface area contributed by atoms with Crippen LogP contribution in [0.15, 0.2) is 60.7 Å². The average molecular weight is 411 g/mol. The summed E-state index contributed by atoms with van der Waals surface area (Å²) < 4.78 is 8.24. The highest BCUT2D eigenvalue weighted by Gasteiger charge is 2.13. The van der Waals surface area contributed by atoms with Gasteiger partial charge in [-0.15, -0.1) is 0 Å². The Morgan fingerprint density at radius 2 is 1.79 bits per heavy atom. The van der Waals surface area contributed by atoms with Crippen molar-refractivity contribution in [3.8, 4) is 5.75 Å². The van der Waals surface area contributed by atoms with Crippen molar-refractivity contribution in [1.29, 1.82) is 0 Å². The lowest BCUT2D eigenvalue weighted by Crippen LogP contribution is -2.09. The molecule has 0 amide bonds. The Balaban J connectivity index is 1.68. The van der Waals surface area contributed by atoms with E-state index in [4.69, 9.17) is 32.9 Å². The molecule has 0 aliphatic rings. The number of benzene rings is 3. The van der Waals surface area contributed by atoms with Crippen LogP contribution in [-0.4, -0.2) is 9.55 Å². The lowest BCUT2D eigenvalue weighted by Gasteiger charge is -2.13. The normalized spacial score (nSPS) is 11.1. The minimum absolute atomic E-state index is 0.379. The molecular weight excluding hydrogens is 391 g/mol. The van der Waals surface area contributed by atoms with Gasteiger partial charge < -0.3 is 9.30 Å². The van der Waals surface area contributed by atoms with Crippen molar-refractivity contribution in [2.45, 2.75) is 27.0 Å². The van der Waals surface area contributed by atoms with Crippen LogP contribution in [0.25, 0.3) is 11.0 Å². The fourth-order valence-corrected chi connectivity index (χ4v) is 3.80. The van der Waals surface area contributed by atoms with Gasteiger partial charge in [-0.2, -0.15) is 0 Å². The number of para-hydroxylation sites is 2. The molecule has 4 rings (SSSR count). The number of nitrogens with zero attached hydrogens (tertiary/aromatic N) is 2. The molecule has 28 heavy (non-hydrogen) atoms. The first kappa shape index (κ1) is 18.9. The van der Waals surface area contributed by atoms with E-state index in [2.05, 4.69) is 36.6 Å². The molecule has 0 spiro atoms. The maximum atomic E-state index is 6.41. The number of hydrogen-bond donors (Lipinski definition) is 0. The summed E-state index contributed by atoms with van der Waals surface area (Å²) in [6, 6.07) is 19.8. The third-order valence-corrected chi connectivity index (χ3v) is 5.35. The van der Waals surface area contributed by atoms with Crippen LogP contribution >= 0.6 is 23.2 Å².